The number of nitrogens with one attached hydrogen (secondary N) is 1. The van der Waals surface area contributed by atoms with Crippen molar-refractivity contribution in [1.82, 2.24) is 10.2 Å². The van der Waals surface area contributed by atoms with Crippen LogP contribution < -0.4 is 5.32 Å². The number of hydrogen-bond donors (Lipinski definition) is 1. The summed E-state index contributed by atoms with van der Waals surface area (Å²) in [6.45, 7) is 8.05. The molecule has 17 heavy (non-hydrogen) atoms. The zero-order valence-electron chi connectivity index (χ0n) is 11.0. The van der Waals surface area contributed by atoms with Gasteiger partial charge < -0.3 is 5.32 Å². The molecule has 1 N–H and O–H groups in total. The van der Waals surface area contributed by atoms with Gasteiger partial charge in [-0.2, -0.15) is 0 Å². The highest BCUT2D eigenvalue weighted by atomic mass is 32.1. The predicted octanol–water partition coefficient (Wildman–Crippen LogP) is 3.27. The largest absolute Gasteiger partial charge is 0.313 e. The Labute approximate surface area is 109 Å². The van der Waals surface area contributed by atoms with E-state index in [0.29, 0.717) is 12.1 Å². The SMILES string of the molecule is CCCC(c1cccs1)N1CCC(NCC)C1. The van der Waals surface area contributed by atoms with Gasteiger partial charge in [0.05, 0.1) is 0 Å². The first-order chi connectivity index (χ1) is 8.35. The van der Waals surface area contributed by atoms with Gasteiger partial charge in [-0.05, 0) is 30.8 Å². The minimum absolute atomic E-state index is 0.656. The molecule has 1 aromatic rings. The summed E-state index contributed by atoms with van der Waals surface area (Å²) in [7, 11) is 0. The van der Waals surface area contributed by atoms with E-state index in [9.17, 15) is 0 Å². The molecular weight excluding hydrogens is 228 g/mol. The van der Waals surface area contributed by atoms with Crippen LogP contribution in [0.2, 0.25) is 0 Å². The summed E-state index contributed by atoms with van der Waals surface area (Å²) in [6, 6.07) is 5.84. The molecule has 2 heterocycles. The Morgan fingerprint density at radius 3 is 3.06 bits per heavy atom. The van der Waals surface area contributed by atoms with Gasteiger partial charge in [0.25, 0.3) is 0 Å². The highest BCUT2D eigenvalue weighted by Gasteiger charge is 2.28. The maximum atomic E-state index is 3.58. The average molecular weight is 252 g/mol. The van der Waals surface area contributed by atoms with Crippen molar-refractivity contribution in [3.05, 3.63) is 22.4 Å². The third-order valence-corrected chi connectivity index (χ3v) is 4.56. The summed E-state index contributed by atoms with van der Waals surface area (Å²) in [5, 5.41) is 5.78. The van der Waals surface area contributed by atoms with Gasteiger partial charge in [0.2, 0.25) is 0 Å². The van der Waals surface area contributed by atoms with E-state index in [1.807, 2.05) is 11.3 Å². The molecule has 2 nitrogen and oxygen atoms in total. The molecule has 0 aliphatic carbocycles. The van der Waals surface area contributed by atoms with Crippen molar-refractivity contribution >= 4 is 11.3 Å². The Morgan fingerprint density at radius 1 is 1.53 bits per heavy atom. The first-order valence-corrected chi connectivity index (χ1v) is 7.74. The van der Waals surface area contributed by atoms with Crippen molar-refractivity contribution in [3.8, 4) is 0 Å². The smallest absolute Gasteiger partial charge is 0.0442 e. The van der Waals surface area contributed by atoms with E-state index in [2.05, 4.69) is 41.6 Å². The van der Waals surface area contributed by atoms with Crippen molar-refractivity contribution in [1.29, 1.82) is 0 Å². The molecule has 1 fully saturated rings. The lowest BCUT2D eigenvalue weighted by Crippen LogP contribution is -2.33. The summed E-state index contributed by atoms with van der Waals surface area (Å²) in [6.07, 6.45) is 3.86. The third-order valence-electron chi connectivity index (χ3n) is 3.59. The van der Waals surface area contributed by atoms with E-state index in [0.717, 1.165) is 6.54 Å². The first-order valence-electron chi connectivity index (χ1n) is 6.86. The van der Waals surface area contributed by atoms with Gasteiger partial charge in [0.1, 0.15) is 0 Å². The summed E-state index contributed by atoms with van der Waals surface area (Å²) < 4.78 is 0. The van der Waals surface area contributed by atoms with Crippen LogP contribution in [0.5, 0.6) is 0 Å². The van der Waals surface area contributed by atoms with Crippen LogP contribution in [-0.4, -0.2) is 30.6 Å². The van der Waals surface area contributed by atoms with Gasteiger partial charge in [-0.1, -0.05) is 26.3 Å². The number of rotatable bonds is 6. The molecule has 0 saturated carbocycles. The fraction of sp³-hybridized carbons (Fsp3) is 0.714. The molecule has 96 valence electrons. The number of likely N-dealkylation sites (N-methyl/N-ethyl adjacent to an activating group) is 1. The van der Waals surface area contributed by atoms with Gasteiger partial charge in [-0.15, -0.1) is 11.3 Å². The zero-order valence-corrected chi connectivity index (χ0v) is 11.8. The van der Waals surface area contributed by atoms with Crippen molar-refractivity contribution in [2.75, 3.05) is 19.6 Å². The third kappa shape index (κ3) is 3.30. The van der Waals surface area contributed by atoms with Crippen molar-refractivity contribution in [3.63, 3.8) is 0 Å². The van der Waals surface area contributed by atoms with Gasteiger partial charge in [-0.25, -0.2) is 0 Å². The van der Waals surface area contributed by atoms with Crippen LogP contribution in [0, 0.1) is 0 Å². The second-order valence-corrected chi connectivity index (χ2v) is 5.84. The van der Waals surface area contributed by atoms with E-state index >= 15 is 0 Å². The van der Waals surface area contributed by atoms with E-state index < -0.39 is 0 Å². The normalized spacial score (nSPS) is 23.1. The Bertz CT molecular complexity index is 310. The van der Waals surface area contributed by atoms with E-state index in [1.165, 1.54) is 32.4 Å². The lowest BCUT2D eigenvalue weighted by atomic mass is 10.1. The van der Waals surface area contributed by atoms with Crippen LogP contribution in [0.1, 0.15) is 44.0 Å². The van der Waals surface area contributed by atoms with Gasteiger partial charge in [-0.3, -0.25) is 4.90 Å². The molecule has 1 aliphatic rings. The highest BCUT2D eigenvalue weighted by Crippen LogP contribution is 2.31. The molecule has 0 bridgehead atoms. The molecule has 2 atom stereocenters. The quantitative estimate of drug-likeness (QED) is 0.836. The molecular formula is C14H24N2S. The Balaban J connectivity index is 1.98. The van der Waals surface area contributed by atoms with E-state index in [4.69, 9.17) is 0 Å². The van der Waals surface area contributed by atoms with Crippen LogP contribution in [0.25, 0.3) is 0 Å². The minimum Gasteiger partial charge on any atom is -0.313 e. The number of nitrogens with zero attached hydrogens (tertiary/aromatic N) is 1. The molecule has 1 aliphatic heterocycles. The average Bonchev–Trinajstić information content (AvgIpc) is 2.97. The molecule has 0 spiro atoms. The predicted molar refractivity (Wildman–Crippen MR) is 75.6 cm³/mol. The maximum Gasteiger partial charge on any atom is 0.0442 e. The Kier molecular flexibility index (Phi) is 5.01. The standard InChI is InChI=1S/C14H24N2S/c1-3-6-13(14-7-5-10-17-14)16-9-8-12(11-16)15-4-2/h5,7,10,12-13,15H,3-4,6,8-9,11H2,1-2H3. The lowest BCUT2D eigenvalue weighted by molar-refractivity contribution is 0.230. The van der Waals surface area contributed by atoms with Gasteiger partial charge in [0, 0.05) is 30.1 Å². The fourth-order valence-corrected chi connectivity index (χ4v) is 3.68. The second kappa shape index (κ2) is 6.53. The lowest BCUT2D eigenvalue weighted by Gasteiger charge is -2.27. The van der Waals surface area contributed by atoms with Gasteiger partial charge >= 0.3 is 0 Å². The van der Waals surface area contributed by atoms with Crippen LogP contribution in [0.3, 0.4) is 0 Å². The van der Waals surface area contributed by atoms with Crippen LogP contribution in [0.15, 0.2) is 17.5 Å². The molecule has 2 unspecified atom stereocenters. The monoisotopic (exact) mass is 252 g/mol. The summed E-state index contributed by atoms with van der Waals surface area (Å²) >= 11 is 1.91. The fourth-order valence-electron chi connectivity index (χ4n) is 2.78. The molecule has 2 rings (SSSR count). The highest BCUT2D eigenvalue weighted by molar-refractivity contribution is 7.10. The van der Waals surface area contributed by atoms with Crippen molar-refractivity contribution in [2.24, 2.45) is 0 Å². The summed E-state index contributed by atoms with van der Waals surface area (Å²) in [5.74, 6) is 0. The van der Waals surface area contributed by atoms with Crippen LogP contribution >= 0.6 is 11.3 Å². The summed E-state index contributed by atoms with van der Waals surface area (Å²) in [5.41, 5.74) is 0. The minimum atomic E-state index is 0.656. The molecule has 1 saturated heterocycles. The number of hydrogen-bond acceptors (Lipinski definition) is 3. The van der Waals surface area contributed by atoms with Crippen molar-refractivity contribution in [2.45, 2.75) is 45.2 Å². The molecule has 0 aromatic carbocycles. The first kappa shape index (κ1) is 13.1. The Hall–Kier alpha value is -0.380. The summed E-state index contributed by atoms with van der Waals surface area (Å²) in [4.78, 5) is 4.21. The second-order valence-electron chi connectivity index (χ2n) is 4.86. The van der Waals surface area contributed by atoms with E-state index in [1.54, 1.807) is 4.88 Å². The van der Waals surface area contributed by atoms with Crippen LogP contribution in [0.4, 0.5) is 0 Å². The molecule has 0 radical (unpaired) electrons. The number of likely N-dealkylation sites (tertiary alicyclic amines) is 1. The van der Waals surface area contributed by atoms with Crippen LogP contribution in [-0.2, 0) is 0 Å². The molecule has 1 aromatic heterocycles. The topological polar surface area (TPSA) is 15.3 Å². The van der Waals surface area contributed by atoms with Gasteiger partial charge in [0.15, 0.2) is 0 Å². The number of thiophene rings is 1. The molecule has 0 amide bonds. The molecule has 3 heteroatoms. The maximum absolute atomic E-state index is 3.58. The Morgan fingerprint density at radius 2 is 2.41 bits per heavy atom. The van der Waals surface area contributed by atoms with Crippen molar-refractivity contribution < 1.29 is 0 Å². The zero-order chi connectivity index (χ0) is 12.1. The van der Waals surface area contributed by atoms with E-state index in [-0.39, 0.29) is 0 Å².